The van der Waals surface area contributed by atoms with E-state index in [1.165, 1.54) is 5.56 Å². The standard InChI is InChI=1S/C15H15BrN4/c1-10-4-2-3-5-13(10)20-14(9-19-15(20)17)11-6-12(16)8-18-7-11/h2-8,14H,9H2,1H3,(H2,17,19). The first-order valence-corrected chi connectivity index (χ1v) is 7.21. The maximum Gasteiger partial charge on any atom is 0.196 e. The second kappa shape index (κ2) is 5.25. The zero-order valence-electron chi connectivity index (χ0n) is 11.1. The molecule has 20 heavy (non-hydrogen) atoms. The van der Waals surface area contributed by atoms with Crippen molar-refractivity contribution in [1.29, 1.82) is 0 Å². The molecule has 0 amide bonds. The van der Waals surface area contributed by atoms with Crippen molar-refractivity contribution in [3.63, 3.8) is 0 Å². The molecule has 102 valence electrons. The van der Waals surface area contributed by atoms with E-state index in [9.17, 15) is 0 Å². The molecule has 1 atom stereocenters. The van der Waals surface area contributed by atoms with Crippen LogP contribution in [0.4, 0.5) is 5.69 Å². The lowest BCUT2D eigenvalue weighted by molar-refractivity contribution is 0.761. The van der Waals surface area contributed by atoms with Crippen molar-refractivity contribution in [3.05, 3.63) is 58.3 Å². The number of benzene rings is 1. The van der Waals surface area contributed by atoms with Gasteiger partial charge in [-0.25, -0.2) is 0 Å². The fourth-order valence-corrected chi connectivity index (χ4v) is 2.87. The lowest BCUT2D eigenvalue weighted by Gasteiger charge is -2.27. The van der Waals surface area contributed by atoms with Crippen LogP contribution in [0.5, 0.6) is 0 Å². The van der Waals surface area contributed by atoms with Gasteiger partial charge in [-0.1, -0.05) is 18.2 Å². The van der Waals surface area contributed by atoms with Gasteiger partial charge in [0.05, 0.1) is 12.6 Å². The van der Waals surface area contributed by atoms with Gasteiger partial charge in [0, 0.05) is 22.6 Å². The Bertz CT molecular complexity index is 668. The number of rotatable bonds is 2. The highest BCUT2D eigenvalue weighted by Gasteiger charge is 2.29. The van der Waals surface area contributed by atoms with Gasteiger partial charge in [0.2, 0.25) is 0 Å². The summed E-state index contributed by atoms with van der Waals surface area (Å²) in [5, 5.41) is 0. The number of hydrogen-bond donors (Lipinski definition) is 1. The van der Waals surface area contributed by atoms with Gasteiger partial charge in [0.1, 0.15) is 0 Å². The van der Waals surface area contributed by atoms with Gasteiger partial charge in [-0.15, -0.1) is 0 Å². The first kappa shape index (κ1) is 13.1. The number of halogens is 1. The number of hydrogen-bond acceptors (Lipinski definition) is 4. The monoisotopic (exact) mass is 330 g/mol. The highest BCUT2D eigenvalue weighted by atomic mass is 79.9. The molecule has 1 aliphatic heterocycles. The van der Waals surface area contributed by atoms with E-state index < -0.39 is 0 Å². The van der Waals surface area contributed by atoms with Crippen LogP contribution in [0.1, 0.15) is 17.2 Å². The average molecular weight is 331 g/mol. The van der Waals surface area contributed by atoms with E-state index >= 15 is 0 Å². The average Bonchev–Trinajstić information content (AvgIpc) is 2.81. The smallest absolute Gasteiger partial charge is 0.196 e. The van der Waals surface area contributed by atoms with Gasteiger partial charge in [-0.3, -0.25) is 9.98 Å². The number of aliphatic imine (C=N–C) groups is 1. The van der Waals surface area contributed by atoms with Crippen LogP contribution < -0.4 is 10.6 Å². The summed E-state index contributed by atoms with van der Waals surface area (Å²) in [6, 6.07) is 10.4. The van der Waals surface area contributed by atoms with Crippen molar-refractivity contribution in [2.75, 3.05) is 11.4 Å². The zero-order valence-corrected chi connectivity index (χ0v) is 12.7. The molecule has 2 heterocycles. The molecule has 1 aliphatic rings. The normalized spacial score (nSPS) is 18.2. The molecule has 2 N–H and O–H groups in total. The molecule has 0 radical (unpaired) electrons. The molecule has 0 spiro atoms. The topological polar surface area (TPSA) is 54.5 Å². The Hall–Kier alpha value is -1.88. The van der Waals surface area contributed by atoms with Gasteiger partial charge >= 0.3 is 0 Å². The molecule has 4 nitrogen and oxygen atoms in total. The minimum absolute atomic E-state index is 0.0982. The Labute approximate surface area is 126 Å². The molecular formula is C15H15BrN4. The number of para-hydroxylation sites is 1. The van der Waals surface area contributed by atoms with Gasteiger partial charge in [-0.05, 0) is 46.1 Å². The van der Waals surface area contributed by atoms with Crippen LogP contribution in [-0.4, -0.2) is 17.5 Å². The fraction of sp³-hybridized carbons (Fsp3) is 0.200. The first-order chi connectivity index (χ1) is 9.66. The number of nitrogens with zero attached hydrogens (tertiary/aromatic N) is 3. The van der Waals surface area contributed by atoms with E-state index in [0.29, 0.717) is 12.5 Å². The Morgan fingerprint density at radius 2 is 2.10 bits per heavy atom. The minimum Gasteiger partial charge on any atom is -0.369 e. The summed E-state index contributed by atoms with van der Waals surface area (Å²) in [6.45, 7) is 2.73. The Balaban J connectivity index is 2.03. The van der Waals surface area contributed by atoms with Crippen molar-refractivity contribution >= 4 is 27.6 Å². The molecule has 2 aromatic rings. The van der Waals surface area contributed by atoms with Crippen LogP contribution in [0.3, 0.4) is 0 Å². The van der Waals surface area contributed by atoms with E-state index in [1.54, 1.807) is 6.20 Å². The predicted octanol–water partition coefficient (Wildman–Crippen LogP) is 3.03. The predicted molar refractivity (Wildman–Crippen MR) is 84.8 cm³/mol. The number of pyridine rings is 1. The Morgan fingerprint density at radius 1 is 1.30 bits per heavy atom. The molecule has 0 bridgehead atoms. The lowest BCUT2D eigenvalue weighted by atomic mass is 10.1. The first-order valence-electron chi connectivity index (χ1n) is 6.42. The van der Waals surface area contributed by atoms with Crippen LogP contribution in [0.25, 0.3) is 0 Å². The Morgan fingerprint density at radius 3 is 2.85 bits per heavy atom. The number of aromatic nitrogens is 1. The summed E-state index contributed by atoms with van der Waals surface area (Å²) in [5.41, 5.74) is 9.47. The van der Waals surface area contributed by atoms with E-state index in [-0.39, 0.29) is 6.04 Å². The van der Waals surface area contributed by atoms with Crippen molar-refractivity contribution < 1.29 is 0 Å². The number of aryl methyl sites for hydroxylation is 1. The molecule has 0 saturated heterocycles. The molecule has 0 aliphatic carbocycles. The second-order valence-corrected chi connectivity index (χ2v) is 5.72. The van der Waals surface area contributed by atoms with Crippen LogP contribution in [0.15, 0.2) is 52.2 Å². The van der Waals surface area contributed by atoms with Crippen molar-refractivity contribution in [1.82, 2.24) is 4.98 Å². The molecule has 5 heteroatoms. The third-order valence-electron chi connectivity index (χ3n) is 3.47. The maximum absolute atomic E-state index is 6.09. The summed E-state index contributed by atoms with van der Waals surface area (Å²) in [6.07, 6.45) is 3.65. The maximum atomic E-state index is 6.09. The summed E-state index contributed by atoms with van der Waals surface area (Å²) >= 11 is 3.47. The largest absolute Gasteiger partial charge is 0.369 e. The van der Waals surface area contributed by atoms with Crippen LogP contribution in [0.2, 0.25) is 0 Å². The van der Waals surface area contributed by atoms with Crippen LogP contribution in [-0.2, 0) is 0 Å². The lowest BCUT2D eigenvalue weighted by Crippen LogP contribution is -2.36. The summed E-state index contributed by atoms with van der Waals surface area (Å²) in [5.74, 6) is 0.560. The van der Waals surface area contributed by atoms with Crippen molar-refractivity contribution in [2.45, 2.75) is 13.0 Å². The fourth-order valence-electron chi connectivity index (χ4n) is 2.49. The van der Waals surface area contributed by atoms with E-state index in [2.05, 4.69) is 55.9 Å². The third-order valence-corrected chi connectivity index (χ3v) is 3.90. The molecule has 1 aromatic heterocycles. The van der Waals surface area contributed by atoms with Crippen molar-refractivity contribution in [3.8, 4) is 0 Å². The highest BCUT2D eigenvalue weighted by Crippen LogP contribution is 2.33. The van der Waals surface area contributed by atoms with Gasteiger partial charge in [0.15, 0.2) is 5.96 Å². The Kier molecular flexibility index (Phi) is 3.44. The number of anilines is 1. The minimum atomic E-state index is 0.0982. The summed E-state index contributed by atoms with van der Waals surface area (Å²) < 4.78 is 0.963. The van der Waals surface area contributed by atoms with Gasteiger partial charge in [0.25, 0.3) is 0 Å². The van der Waals surface area contributed by atoms with E-state index in [1.807, 2.05) is 18.3 Å². The van der Waals surface area contributed by atoms with E-state index in [4.69, 9.17) is 5.73 Å². The molecule has 0 fully saturated rings. The van der Waals surface area contributed by atoms with Crippen LogP contribution >= 0.6 is 15.9 Å². The third kappa shape index (κ3) is 2.29. The molecule has 0 saturated carbocycles. The SMILES string of the molecule is Cc1ccccc1N1C(N)=NCC1c1cncc(Br)c1. The molecule has 1 aromatic carbocycles. The van der Waals surface area contributed by atoms with Gasteiger partial charge < -0.3 is 10.6 Å². The summed E-state index contributed by atoms with van der Waals surface area (Å²) in [4.78, 5) is 10.7. The zero-order chi connectivity index (χ0) is 14.1. The highest BCUT2D eigenvalue weighted by molar-refractivity contribution is 9.10. The molecule has 1 unspecified atom stereocenters. The number of nitrogens with two attached hydrogens (primary N) is 1. The van der Waals surface area contributed by atoms with Gasteiger partial charge in [-0.2, -0.15) is 0 Å². The molecular weight excluding hydrogens is 316 g/mol. The molecule has 3 rings (SSSR count). The quantitative estimate of drug-likeness (QED) is 0.920. The second-order valence-electron chi connectivity index (χ2n) is 4.81. The van der Waals surface area contributed by atoms with E-state index in [0.717, 1.165) is 15.7 Å². The summed E-state index contributed by atoms with van der Waals surface area (Å²) in [7, 11) is 0. The van der Waals surface area contributed by atoms with Crippen molar-refractivity contribution in [2.24, 2.45) is 10.7 Å². The van der Waals surface area contributed by atoms with Crippen LogP contribution in [0, 0.1) is 6.92 Å². The number of guanidine groups is 1.